The van der Waals surface area contributed by atoms with Crippen molar-refractivity contribution in [3.63, 3.8) is 0 Å². The summed E-state index contributed by atoms with van der Waals surface area (Å²) in [5.74, 6) is 0.0116. The predicted molar refractivity (Wildman–Crippen MR) is 77.9 cm³/mol. The van der Waals surface area contributed by atoms with Gasteiger partial charge in [0.25, 0.3) is 0 Å². The molecule has 7 heteroatoms. The van der Waals surface area contributed by atoms with E-state index in [9.17, 15) is 4.39 Å². The van der Waals surface area contributed by atoms with Crippen molar-refractivity contribution in [2.24, 2.45) is 0 Å². The number of rotatable bonds is 1. The van der Waals surface area contributed by atoms with Gasteiger partial charge in [0.1, 0.15) is 16.1 Å². The third-order valence-electron chi connectivity index (χ3n) is 1.95. The lowest BCUT2D eigenvalue weighted by molar-refractivity contribution is 0.621. The van der Waals surface area contributed by atoms with Crippen LogP contribution >= 0.6 is 61.7 Å². The van der Waals surface area contributed by atoms with Crippen LogP contribution in [0.3, 0.4) is 0 Å². The summed E-state index contributed by atoms with van der Waals surface area (Å²) in [6.07, 6.45) is 0. The lowest BCUT2D eigenvalue weighted by Gasteiger charge is -2.04. The second-order valence-corrected chi connectivity index (χ2v) is 5.72. The van der Waals surface area contributed by atoms with E-state index in [0.29, 0.717) is 19.4 Å². The fourth-order valence-corrected chi connectivity index (χ4v) is 2.17. The molecule has 0 atom stereocenters. The van der Waals surface area contributed by atoms with Crippen molar-refractivity contribution in [1.29, 1.82) is 0 Å². The molecule has 1 aromatic heterocycles. The lowest BCUT2D eigenvalue weighted by Crippen LogP contribution is -1.94. The quantitative estimate of drug-likeness (QED) is 0.456. The first-order chi connectivity index (χ1) is 7.99. The Morgan fingerprint density at radius 2 is 1.76 bits per heavy atom. The fourth-order valence-electron chi connectivity index (χ4n) is 1.16. The van der Waals surface area contributed by atoms with Crippen LogP contribution in [0.1, 0.15) is 0 Å². The van der Waals surface area contributed by atoms with Gasteiger partial charge in [-0.3, -0.25) is 0 Å². The molecule has 2 rings (SSSR count). The monoisotopic (exact) mass is 446 g/mol. The molecule has 0 aliphatic rings. The van der Waals surface area contributed by atoms with E-state index in [0.717, 1.165) is 0 Å². The molecule has 0 saturated carbocycles. The molecule has 0 amide bonds. The van der Waals surface area contributed by atoms with Gasteiger partial charge in [-0.1, -0.05) is 23.2 Å². The Balaban J connectivity index is 2.57. The van der Waals surface area contributed by atoms with Gasteiger partial charge < -0.3 is 0 Å². The molecule has 0 spiro atoms. The number of benzene rings is 1. The molecule has 1 heterocycles. The molecular weight excluding hydrogens is 445 g/mol. The molecule has 0 unspecified atom stereocenters. The highest BCUT2D eigenvalue weighted by molar-refractivity contribution is 14.1. The topological polar surface area (TPSA) is 25.8 Å². The van der Waals surface area contributed by atoms with Crippen molar-refractivity contribution in [3.8, 4) is 11.4 Å². The Hall–Kier alpha value is 0.0200. The molecule has 0 aliphatic carbocycles. The minimum atomic E-state index is -0.351. The number of halogens is 5. The molecule has 0 aliphatic heterocycles. The molecule has 0 radical (unpaired) electrons. The van der Waals surface area contributed by atoms with Gasteiger partial charge in [-0.15, -0.1) is 0 Å². The maximum Gasteiger partial charge on any atom is 0.162 e. The molecule has 88 valence electrons. The first-order valence-electron chi connectivity index (χ1n) is 4.33. The van der Waals surface area contributed by atoms with E-state index in [1.807, 2.05) is 22.6 Å². The predicted octanol–water partition coefficient (Wildman–Crippen LogP) is 4.96. The number of nitrogens with zero attached hydrogens (tertiary/aromatic N) is 2. The van der Waals surface area contributed by atoms with Crippen molar-refractivity contribution in [3.05, 3.63) is 42.4 Å². The normalized spacial score (nSPS) is 10.6. The summed E-state index contributed by atoms with van der Waals surface area (Å²) in [5.41, 5.74) is 0.637. The molecular formula is C10H3BrCl2FIN2. The van der Waals surface area contributed by atoms with E-state index in [1.165, 1.54) is 6.07 Å². The van der Waals surface area contributed by atoms with Crippen LogP contribution in [0.25, 0.3) is 11.4 Å². The molecule has 0 bridgehead atoms. The molecule has 1 aromatic carbocycles. The zero-order valence-corrected chi connectivity index (χ0v) is 13.3. The smallest absolute Gasteiger partial charge is 0.162 e. The lowest BCUT2D eigenvalue weighted by atomic mass is 10.2. The second kappa shape index (κ2) is 5.34. The van der Waals surface area contributed by atoms with Gasteiger partial charge >= 0.3 is 0 Å². The first-order valence-corrected chi connectivity index (χ1v) is 6.96. The Labute approximate surface area is 129 Å². The highest BCUT2D eigenvalue weighted by Crippen LogP contribution is 2.28. The van der Waals surface area contributed by atoms with Gasteiger partial charge in [0, 0.05) is 5.56 Å². The molecule has 0 saturated heterocycles. The molecule has 0 fully saturated rings. The van der Waals surface area contributed by atoms with Crippen LogP contribution in [-0.2, 0) is 0 Å². The van der Waals surface area contributed by atoms with Crippen LogP contribution in [0.15, 0.2) is 22.7 Å². The second-order valence-electron chi connectivity index (χ2n) is 3.07. The zero-order chi connectivity index (χ0) is 12.6. The highest BCUT2D eigenvalue weighted by atomic mass is 127. The number of aromatic nitrogens is 2. The van der Waals surface area contributed by atoms with E-state index in [1.54, 1.807) is 12.1 Å². The molecule has 2 nitrogen and oxygen atoms in total. The maximum absolute atomic E-state index is 13.1. The molecule has 17 heavy (non-hydrogen) atoms. The van der Waals surface area contributed by atoms with Gasteiger partial charge in [-0.25, -0.2) is 14.4 Å². The van der Waals surface area contributed by atoms with Crippen LogP contribution in [0.4, 0.5) is 4.39 Å². The SMILES string of the molecule is Fc1ccc(-c2nc(Cl)c(I)c(Cl)n2)cc1Br. The van der Waals surface area contributed by atoms with Crippen LogP contribution in [0.2, 0.25) is 10.3 Å². The Kier molecular flexibility index (Phi) is 4.22. The van der Waals surface area contributed by atoms with E-state index in [4.69, 9.17) is 23.2 Å². The highest BCUT2D eigenvalue weighted by Gasteiger charge is 2.11. The summed E-state index contributed by atoms with van der Waals surface area (Å²) in [7, 11) is 0. The Morgan fingerprint density at radius 1 is 1.18 bits per heavy atom. The van der Waals surface area contributed by atoms with Gasteiger partial charge in [0.15, 0.2) is 5.82 Å². The maximum atomic E-state index is 13.1. The molecule has 2 aromatic rings. The van der Waals surface area contributed by atoms with Gasteiger partial charge in [0.2, 0.25) is 0 Å². The van der Waals surface area contributed by atoms with Crippen molar-refractivity contribution in [2.45, 2.75) is 0 Å². The van der Waals surface area contributed by atoms with Crippen LogP contribution in [0.5, 0.6) is 0 Å². The van der Waals surface area contributed by atoms with Gasteiger partial charge in [-0.05, 0) is 56.7 Å². The fraction of sp³-hybridized carbons (Fsp3) is 0. The summed E-state index contributed by atoms with van der Waals surface area (Å²) >= 11 is 16.9. The van der Waals surface area contributed by atoms with E-state index in [2.05, 4.69) is 25.9 Å². The Bertz CT molecular complexity index is 572. The minimum absolute atomic E-state index is 0.279. The van der Waals surface area contributed by atoms with Crippen LogP contribution in [-0.4, -0.2) is 9.97 Å². The largest absolute Gasteiger partial charge is 0.215 e. The summed E-state index contributed by atoms with van der Waals surface area (Å²) in [6, 6.07) is 4.46. The summed E-state index contributed by atoms with van der Waals surface area (Å²) < 4.78 is 14.0. The average molecular weight is 448 g/mol. The minimum Gasteiger partial charge on any atom is -0.215 e. The number of hydrogen-bond donors (Lipinski definition) is 0. The third-order valence-corrected chi connectivity index (χ3v) is 4.76. The zero-order valence-electron chi connectivity index (χ0n) is 8.02. The van der Waals surface area contributed by atoms with Crippen molar-refractivity contribution in [2.75, 3.05) is 0 Å². The van der Waals surface area contributed by atoms with Crippen molar-refractivity contribution < 1.29 is 4.39 Å². The van der Waals surface area contributed by atoms with Crippen LogP contribution in [0, 0.1) is 9.39 Å². The van der Waals surface area contributed by atoms with E-state index >= 15 is 0 Å². The van der Waals surface area contributed by atoms with E-state index in [-0.39, 0.29) is 16.1 Å². The third kappa shape index (κ3) is 2.89. The number of hydrogen-bond acceptors (Lipinski definition) is 2. The molecule has 0 N–H and O–H groups in total. The van der Waals surface area contributed by atoms with E-state index < -0.39 is 0 Å². The van der Waals surface area contributed by atoms with Crippen LogP contribution < -0.4 is 0 Å². The van der Waals surface area contributed by atoms with Gasteiger partial charge in [0.05, 0.1) is 8.04 Å². The standard InChI is InChI=1S/C10H3BrCl2FIN2/c11-5-3-4(1-2-6(5)14)10-16-8(12)7(15)9(13)17-10/h1-3H. The summed E-state index contributed by atoms with van der Waals surface area (Å²) in [6.45, 7) is 0. The average Bonchev–Trinajstić information content (AvgIpc) is 2.29. The van der Waals surface area contributed by atoms with Crippen molar-refractivity contribution >= 4 is 61.7 Å². The first kappa shape index (κ1) is 13.5. The van der Waals surface area contributed by atoms with Crippen molar-refractivity contribution in [1.82, 2.24) is 9.97 Å². The summed E-state index contributed by atoms with van der Waals surface area (Å²) in [4.78, 5) is 8.19. The summed E-state index contributed by atoms with van der Waals surface area (Å²) in [5, 5.41) is 0.557. The Morgan fingerprint density at radius 3 is 2.29 bits per heavy atom. The van der Waals surface area contributed by atoms with Gasteiger partial charge in [-0.2, -0.15) is 0 Å².